The SMILES string of the molecule is [N-]=[N+]=NCCOCCOCCOCCNC(=O)c1c(F)c(F)c(N)c(F)c1F. The van der Waals surface area contributed by atoms with Gasteiger partial charge >= 0.3 is 0 Å². The first-order valence-electron chi connectivity index (χ1n) is 8.05. The van der Waals surface area contributed by atoms with Crippen LogP contribution in [0.4, 0.5) is 23.2 Å². The predicted molar refractivity (Wildman–Crippen MR) is 89.5 cm³/mol. The van der Waals surface area contributed by atoms with Crippen LogP contribution in [-0.4, -0.2) is 58.6 Å². The minimum Gasteiger partial charge on any atom is -0.394 e. The van der Waals surface area contributed by atoms with E-state index < -0.39 is 40.4 Å². The van der Waals surface area contributed by atoms with Gasteiger partial charge in [-0.2, -0.15) is 0 Å². The maximum atomic E-state index is 13.6. The Morgan fingerprint density at radius 3 is 1.96 bits per heavy atom. The summed E-state index contributed by atoms with van der Waals surface area (Å²) in [5, 5.41) is 5.36. The molecular formula is C15H19F4N5O4. The Morgan fingerprint density at radius 2 is 1.43 bits per heavy atom. The van der Waals surface area contributed by atoms with Gasteiger partial charge in [-0.05, 0) is 5.53 Å². The number of hydrogen-bond donors (Lipinski definition) is 2. The highest BCUT2D eigenvalue weighted by atomic mass is 19.2. The van der Waals surface area contributed by atoms with Crippen LogP contribution in [0.15, 0.2) is 5.11 Å². The number of halogens is 4. The molecule has 1 amide bonds. The molecule has 1 aromatic rings. The highest BCUT2D eigenvalue weighted by Crippen LogP contribution is 2.25. The van der Waals surface area contributed by atoms with Crippen molar-refractivity contribution in [1.82, 2.24) is 5.32 Å². The van der Waals surface area contributed by atoms with Crippen molar-refractivity contribution in [2.24, 2.45) is 5.11 Å². The van der Waals surface area contributed by atoms with Crippen molar-refractivity contribution in [3.05, 3.63) is 39.3 Å². The molecule has 1 aromatic carbocycles. The van der Waals surface area contributed by atoms with E-state index in [-0.39, 0.29) is 39.5 Å². The van der Waals surface area contributed by atoms with Crippen LogP contribution < -0.4 is 11.1 Å². The molecule has 0 aliphatic rings. The number of nitrogens with one attached hydrogen (secondary N) is 1. The second-order valence-electron chi connectivity index (χ2n) is 5.09. The van der Waals surface area contributed by atoms with Gasteiger partial charge in [0.15, 0.2) is 23.3 Å². The zero-order valence-electron chi connectivity index (χ0n) is 14.7. The lowest BCUT2D eigenvalue weighted by atomic mass is 10.1. The van der Waals surface area contributed by atoms with Gasteiger partial charge in [0.25, 0.3) is 5.91 Å². The maximum absolute atomic E-state index is 13.6. The van der Waals surface area contributed by atoms with Gasteiger partial charge in [0.05, 0.1) is 39.6 Å². The molecule has 13 heteroatoms. The maximum Gasteiger partial charge on any atom is 0.257 e. The Kier molecular flexibility index (Phi) is 10.7. The van der Waals surface area contributed by atoms with Crippen LogP contribution in [0.25, 0.3) is 10.4 Å². The van der Waals surface area contributed by atoms with Gasteiger partial charge in [-0.15, -0.1) is 0 Å². The molecule has 0 bridgehead atoms. The molecule has 0 saturated carbocycles. The minimum absolute atomic E-state index is 0.0268. The first-order chi connectivity index (χ1) is 13.4. The molecule has 156 valence electrons. The molecule has 0 spiro atoms. The lowest BCUT2D eigenvalue weighted by molar-refractivity contribution is 0.0166. The number of nitrogen functional groups attached to an aromatic ring is 1. The van der Waals surface area contributed by atoms with E-state index in [0.717, 1.165) is 0 Å². The third kappa shape index (κ3) is 7.19. The van der Waals surface area contributed by atoms with Crippen molar-refractivity contribution >= 4 is 11.6 Å². The second-order valence-corrected chi connectivity index (χ2v) is 5.09. The van der Waals surface area contributed by atoms with Gasteiger partial charge in [0, 0.05) is 18.0 Å². The highest BCUT2D eigenvalue weighted by molar-refractivity contribution is 5.95. The first kappa shape index (κ1) is 23.4. The summed E-state index contributed by atoms with van der Waals surface area (Å²) in [5.74, 6) is -8.75. The van der Waals surface area contributed by atoms with E-state index in [9.17, 15) is 22.4 Å². The molecule has 0 aliphatic carbocycles. The fraction of sp³-hybridized carbons (Fsp3) is 0.533. The molecule has 0 aliphatic heterocycles. The van der Waals surface area contributed by atoms with E-state index in [4.69, 9.17) is 25.5 Å². The van der Waals surface area contributed by atoms with Crippen LogP contribution in [-0.2, 0) is 14.2 Å². The highest BCUT2D eigenvalue weighted by Gasteiger charge is 2.27. The van der Waals surface area contributed by atoms with Crippen molar-refractivity contribution < 1.29 is 36.6 Å². The van der Waals surface area contributed by atoms with Crippen LogP contribution in [0.2, 0.25) is 0 Å². The van der Waals surface area contributed by atoms with Gasteiger partial charge in [0.1, 0.15) is 11.3 Å². The van der Waals surface area contributed by atoms with Gasteiger partial charge in [0.2, 0.25) is 0 Å². The van der Waals surface area contributed by atoms with Gasteiger partial charge in [-0.3, -0.25) is 4.79 Å². The van der Waals surface area contributed by atoms with Gasteiger partial charge in [-0.25, -0.2) is 17.6 Å². The Labute approximate surface area is 157 Å². The average Bonchev–Trinajstić information content (AvgIpc) is 2.68. The fourth-order valence-corrected chi connectivity index (χ4v) is 1.87. The van der Waals surface area contributed by atoms with Crippen LogP contribution in [0.5, 0.6) is 0 Å². The normalized spacial score (nSPS) is 10.6. The molecule has 28 heavy (non-hydrogen) atoms. The summed E-state index contributed by atoms with van der Waals surface area (Å²) in [6.07, 6.45) is 0. The van der Waals surface area contributed by atoms with Crippen LogP contribution in [0.3, 0.4) is 0 Å². The summed E-state index contributed by atoms with van der Waals surface area (Å²) >= 11 is 0. The van der Waals surface area contributed by atoms with E-state index in [1.807, 2.05) is 0 Å². The number of rotatable bonds is 13. The number of carbonyl (C=O) groups is 1. The van der Waals surface area contributed by atoms with Gasteiger partial charge in [-0.1, -0.05) is 5.11 Å². The number of amides is 1. The van der Waals surface area contributed by atoms with Crippen molar-refractivity contribution in [3.63, 3.8) is 0 Å². The van der Waals surface area contributed by atoms with E-state index in [1.165, 1.54) is 0 Å². The summed E-state index contributed by atoms with van der Waals surface area (Å²) in [4.78, 5) is 14.3. The summed E-state index contributed by atoms with van der Waals surface area (Å²) < 4.78 is 69.3. The van der Waals surface area contributed by atoms with E-state index in [1.54, 1.807) is 0 Å². The molecule has 0 saturated heterocycles. The number of anilines is 1. The van der Waals surface area contributed by atoms with Crippen molar-refractivity contribution in [2.45, 2.75) is 0 Å². The van der Waals surface area contributed by atoms with Crippen LogP contribution in [0, 0.1) is 23.3 Å². The zero-order valence-corrected chi connectivity index (χ0v) is 14.7. The van der Waals surface area contributed by atoms with E-state index in [0.29, 0.717) is 13.2 Å². The predicted octanol–water partition coefficient (Wildman–Crippen LogP) is 1.92. The molecule has 0 atom stereocenters. The third-order valence-electron chi connectivity index (χ3n) is 3.20. The topological polar surface area (TPSA) is 132 Å². The lowest BCUT2D eigenvalue weighted by Crippen LogP contribution is -2.30. The third-order valence-corrected chi connectivity index (χ3v) is 3.20. The van der Waals surface area contributed by atoms with E-state index >= 15 is 0 Å². The number of ether oxygens (including phenoxy) is 3. The number of hydrogen-bond acceptors (Lipinski definition) is 6. The standard InChI is InChI=1S/C15H19F4N5O4/c16-10-9(11(17)13(19)14(20)12(10)18)15(25)22-1-3-26-5-7-28-8-6-27-4-2-23-24-21/h1-8,20H2,(H,22,25). The number of benzene rings is 1. The van der Waals surface area contributed by atoms with Gasteiger partial charge < -0.3 is 25.3 Å². The largest absolute Gasteiger partial charge is 0.394 e. The molecule has 0 fully saturated rings. The Morgan fingerprint density at radius 1 is 0.929 bits per heavy atom. The summed E-state index contributed by atoms with van der Waals surface area (Å²) in [6, 6.07) is 0. The van der Waals surface area contributed by atoms with Crippen molar-refractivity contribution in [2.75, 3.05) is 58.5 Å². The monoisotopic (exact) mass is 409 g/mol. The second kappa shape index (κ2) is 12.7. The summed E-state index contributed by atoms with van der Waals surface area (Å²) in [7, 11) is 0. The molecule has 0 unspecified atom stereocenters. The Hall–Kier alpha value is -2.60. The van der Waals surface area contributed by atoms with Crippen molar-refractivity contribution in [1.29, 1.82) is 0 Å². The zero-order chi connectivity index (χ0) is 20.9. The quantitative estimate of drug-likeness (QED) is 0.0977. The Bertz CT molecular complexity index is 687. The average molecular weight is 409 g/mol. The fourth-order valence-electron chi connectivity index (χ4n) is 1.87. The summed E-state index contributed by atoms with van der Waals surface area (Å²) in [5.41, 5.74) is 10.2. The first-order valence-corrected chi connectivity index (χ1v) is 8.05. The molecule has 0 radical (unpaired) electrons. The molecule has 0 aromatic heterocycles. The van der Waals surface area contributed by atoms with Crippen LogP contribution in [0.1, 0.15) is 10.4 Å². The molecule has 0 heterocycles. The molecule has 9 nitrogen and oxygen atoms in total. The summed E-state index contributed by atoms with van der Waals surface area (Å²) in [6.45, 7) is 1.33. The van der Waals surface area contributed by atoms with E-state index in [2.05, 4.69) is 15.3 Å². The number of azide groups is 1. The number of nitrogens with two attached hydrogens (primary N) is 1. The lowest BCUT2D eigenvalue weighted by Gasteiger charge is -2.10. The van der Waals surface area contributed by atoms with Crippen LogP contribution >= 0.6 is 0 Å². The minimum atomic E-state index is -1.87. The molecule has 1 rings (SSSR count). The molecule has 3 N–H and O–H groups in total. The number of carbonyl (C=O) groups excluding carboxylic acids is 1. The Balaban J connectivity index is 2.19. The van der Waals surface area contributed by atoms with Crippen molar-refractivity contribution in [3.8, 4) is 0 Å². The number of nitrogens with zero attached hydrogens (tertiary/aromatic N) is 3. The molecular weight excluding hydrogens is 390 g/mol. The smallest absolute Gasteiger partial charge is 0.257 e.